The normalized spacial score (nSPS) is 12.9. The summed E-state index contributed by atoms with van der Waals surface area (Å²) in [5.41, 5.74) is 3.23. The molecule has 1 aromatic heterocycles. The van der Waals surface area contributed by atoms with Crippen molar-refractivity contribution in [1.29, 1.82) is 0 Å². The lowest BCUT2D eigenvalue weighted by Crippen LogP contribution is -2.35. The third-order valence-electron chi connectivity index (χ3n) is 5.56. The van der Waals surface area contributed by atoms with Crippen molar-refractivity contribution in [3.05, 3.63) is 110 Å². The molecule has 0 atom stereocenters. The Kier molecular flexibility index (Phi) is 4.32. The van der Waals surface area contributed by atoms with Gasteiger partial charge in [-0.05, 0) is 47.9 Å². The summed E-state index contributed by atoms with van der Waals surface area (Å²) in [5, 5.41) is 0.469. The number of carbonyl (C=O) groups excluding carboxylic acids is 1. The Hall–Kier alpha value is -3.93. The van der Waals surface area contributed by atoms with E-state index in [9.17, 15) is 14.4 Å². The molecule has 4 aromatic rings. The number of H-pyrrole nitrogens is 1. The number of rotatable bonds is 3. The largest absolute Gasteiger partial charge is 0.329 e. The van der Waals surface area contributed by atoms with Crippen molar-refractivity contribution in [2.24, 2.45) is 0 Å². The van der Waals surface area contributed by atoms with Gasteiger partial charge in [0, 0.05) is 17.8 Å². The first-order valence-electron chi connectivity index (χ1n) is 9.82. The lowest BCUT2D eigenvalue weighted by Gasteiger charge is -2.17. The van der Waals surface area contributed by atoms with Gasteiger partial charge in [-0.2, -0.15) is 0 Å². The lowest BCUT2D eigenvalue weighted by atomic mass is 10.1. The number of benzene rings is 3. The maximum Gasteiger partial charge on any atom is 0.329 e. The molecule has 148 valence electrons. The molecule has 30 heavy (non-hydrogen) atoms. The average molecular weight is 397 g/mol. The molecule has 6 nitrogen and oxygen atoms in total. The van der Waals surface area contributed by atoms with Gasteiger partial charge in [0.1, 0.15) is 0 Å². The van der Waals surface area contributed by atoms with Gasteiger partial charge in [-0.1, -0.05) is 42.5 Å². The zero-order valence-corrected chi connectivity index (χ0v) is 16.2. The Morgan fingerprint density at radius 3 is 2.47 bits per heavy atom. The van der Waals surface area contributed by atoms with Gasteiger partial charge in [0.25, 0.3) is 11.5 Å². The van der Waals surface area contributed by atoms with Crippen LogP contribution in [0.2, 0.25) is 0 Å². The number of anilines is 1. The van der Waals surface area contributed by atoms with Crippen molar-refractivity contribution < 1.29 is 4.79 Å². The van der Waals surface area contributed by atoms with Crippen LogP contribution in [0.15, 0.2) is 82.4 Å². The number of nitrogens with one attached hydrogen (secondary N) is 1. The Bertz CT molecular complexity index is 1380. The van der Waals surface area contributed by atoms with E-state index in [1.165, 1.54) is 10.1 Å². The van der Waals surface area contributed by atoms with Gasteiger partial charge in [-0.15, -0.1) is 0 Å². The molecule has 6 heteroatoms. The number of aromatic amines is 1. The van der Waals surface area contributed by atoms with Crippen molar-refractivity contribution in [1.82, 2.24) is 9.55 Å². The van der Waals surface area contributed by atoms with Crippen LogP contribution in [0.1, 0.15) is 21.5 Å². The number of aromatic nitrogens is 2. The number of para-hydroxylation sites is 2. The van der Waals surface area contributed by atoms with Crippen LogP contribution in [0, 0.1) is 0 Å². The van der Waals surface area contributed by atoms with E-state index in [1.807, 2.05) is 24.3 Å². The van der Waals surface area contributed by atoms with Gasteiger partial charge in [0.15, 0.2) is 0 Å². The number of carbonyl (C=O) groups is 1. The van der Waals surface area contributed by atoms with Crippen LogP contribution in [0.5, 0.6) is 0 Å². The van der Waals surface area contributed by atoms with Gasteiger partial charge in [-0.3, -0.25) is 14.2 Å². The number of amides is 1. The maximum atomic E-state index is 12.9. The van der Waals surface area contributed by atoms with E-state index in [0.717, 1.165) is 17.7 Å². The van der Waals surface area contributed by atoms with Gasteiger partial charge in [-0.25, -0.2) is 4.79 Å². The fraction of sp³-hybridized carbons (Fsp3) is 0.125. The van der Waals surface area contributed by atoms with Crippen molar-refractivity contribution in [3.63, 3.8) is 0 Å². The van der Waals surface area contributed by atoms with Gasteiger partial charge in [0.05, 0.1) is 17.4 Å². The van der Waals surface area contributed by atoms with Crippen molar-refractivity contribution in [2.75, 3.05) is 11.4 Å². The fourth-order valence-electron chi connectivity index (χ4n) is 3.98. The highest BCUT2D eigenvalue weighted by molar-refractivity contribution is 6.07. The van der Waals surface area contributed by atoms with Crippen LogP contribution in [-0.2, 0) is 13.0 Å². The smallest absolute Gasteiger partial charge is 0.308 e. The predicted molar refractivity (Wildman–Crippen MR) is 116 cm³/mol. The number of nitrogens with zero attached hydrogens (tertiary/aromatic N) is 2. The van der Waals surface area contributed by atoms with Crippen LogP contribution in [-0.4, -0.2) is 22.0 Å². The molecule has 0 aliphatic carbocycles. The molecule has 0 saturated carbocycles. The summed E-state index contributed by atoms with van der Waals surface area (Å²) in [6.45, 7) is 0.807. The Labute approximate surface area is 172 Å². The lowest BCUT2D eigenvalue weighted by molar-refractivity contribution is 0.0989. The zero-order valence-electron chi connectivity index (χ0n) is 16.2. The molecule has 0 fully saturated rings. The minimum absolute atomic E-state index is 0.0489. The molecule has 3 aromatic carbocycles. The molecule has 1 aliphatic heterocycles. The highest BCUT2D eigenvalue weighted by atomic mass is 16.2. The van der Waals surface area contributed by atoms with Crippen LogP contribution >= 0.6 is 0 Å². The standard InChI is InChI=1S/C24H19N3O3/c28-22(26-14-13-17-5-1-4-8-21(17)26)18-11-9-16(10-12-18)15-27-23(29)19-6-2-3-7-20(19)25-24(27)30/h1-12H,13-15H2,(H,25,30). The van der Waals surface area contributed by atoms with E-state index in [1.54, 1.807) is 53.4 Å². The van der Waals surface area contributed by atoms with Crippen LogP contribution in [0.25, 0.3) is 10.9 Å². The third kappa shape index (κ3) is 3.03. The minimum Gasteiger partial charge on any atom is -0.308 e. The van der Waals surface area contributed by atoms with E-state index < -0.39 is 5.69 Å². The SMILES string of the molecule is O=C(c1ccc(Cn2c(=O)[nH]c3ccccc3c2=O)cc1)N1CCc2ccccc21. The van der Waals surface area contributed by atoms with Gasteiger partial charge in [0.2, 0.25) is 0 Å². The molecule has 0 unspecified atom stereocenters. The first-order chi connectivity index (χ1) is 14.6. The molecule has 5 rings (SSSR count). The second-order valence-corrected chi connectivity index (χ2v) is 7.40. The molecular weight excluding hydrogens is 378 g/mol. The molecule has 1 amide bonds. The fourth-order valence-corrected chi connectivity index (χ4v) is 3.98. The number of hydrogen-bond donors (Lipinski definition) is 1. The molecule has 0 spiro atoms. The van der Waals surface area contributed by atoms with E-state index in [-0.39, 0.29) is 18.0 Å². The van der Waals surface area contributed by atoms with Crippen LogP contribution in [0.4, 0.5) is 5.69 Å². The second-order valence-electron chi connectivity index (χ2n) is 7.40. The monoisotopic (exact) mass is 397 g/mol. The summed E-state index contributed by atoms with van der Waals surface area (Å²) in [4.78, 5) is 42.6. The number of hydrogen-bond acceptors (Lipinski definition) is 3. The zero-order chi connectivity index (χ0) is 20.7. The van der Waals surface area contributed by atoms with E-state index >= 15 is 0 Å². The molecule has 2 heterocycles. The summed E-state index contributed by atoms with van der Waals surface area (Å²) in [6, 6.07) is 21.9. The van der Waals surface area contributed by atoms with Crippen molar-refractivity contribution >= 4 is 22.5 Å². The Morgan fingerprint density at radius 2 is 1.63 bits per heavy atom. The molecule has 1 N–H and O–H groups in total. The highest BCUT2D eigenvalue weighted by Crippen LogP contribution is 2.28. The number of fused-ring (bicyclic) bond motifs is 2. The molecule has 0 bridgehead atoms. The summed E-state index contributed by atoms with van der Waals surface area (Å²) in [6.07, 6.45) is 0.855. The summed E-state index contributed by atoms with van der Waals surface area (Å²) >= 11 is 0. The van der Waals surface area contributed by atoms with Gasteiger partial charge >= 0.3 is 5.69 Å². The highest BCUT2D eigenvalue weighted by Gasteiger charge is 2.25. The third-order valence-corrected chi connectivity index (χ3v) is 5.56. The van der Waals surface area contributed by atoms with E-state index in [2.05, 4.69) is 4.98 Å². The van der Waals surface area contributed by atoms with E-state index in [0.29, 0.717) is 23.0 Å². The average Bonchev–Trinajstić information content (AvgIpc) is 3.21. The Balaban J connectivity index is 1.41. The molecular formula is C24H19N3O3. The molecule has 0 radical (unpaired) electrons. The Morgan fingerprint density at radius 1 is 0.900 bits per heavy atom. The topological polar surface area (TPSA) is 75.2 Å². The molecule has 1 aliphatic rings. The second kappa shape index (κ2) is 7.15. The first-order valence-corrected chi connectivity index (χ1v) is 9.82. The minimum atomic E-state index is -0.451. The quantitative estimate of drug-likeness (QED) is 0.578. The summed E-state index contributed by atoms with van der Waals surface area (Å²) in [5.74, 6) is -0.0489. The summed E-state index contributed by atoms with van der Waals surface area (Å²) in [7, 11) is 0. The summed E-state index contributed by atoms with van der Waals surface area (Å²) < 4.78 is 1.18. The van der Waals surface area contributed by atoms with Crippen molar-refractivity contribution in [2.45, 2.75) is 13.0 Å². The first kappa shape index (κ1) is 18.1. The van der Waals surface area contributed by atoms with E-state index in [4.69, 9.17) is 0 Å². The maximum absolute atomic E-state index is 12.9. The molecule has 0 saturated heterocycles. The van der Waals surface area contributed by atoms with Gasteiger partial charge < -0.3 is 9.88 Å². The predicted octanol–water partition coefficient (Wildman–Crippen LogP) is 2.94. The van der Waals surface area contributed by atoms with Crippen molar-refractivity contribution in [3.8, 4) is 0 Å². The van der Waals surface area contributed by atoms with Crippen LogP contribution in [0.3, 0.4) is 0 Å². The van der Waals surface area contributed by atoms with Crippen LogP contribution < -0.4 is 16.1 Å².